The second-order valence-electron chi connectivity index (χ2n) is 3.42. The third kappa shape index (κ3) is 3.60. The first-order chi connectivity index (χ1) is 8.06. The number of amidine groups is 1. The van der Waals surface area contributed by atoms with Crippen LogP contribution in [0.2, 0.25) is 5.02 Å². The Bertz CT molecular complexity index is 436. The number of nitrogens with zero attached hydrogens (tertiary/aromatic N) is 3. The van der Waals surface area contributed by atoms with E-state index in [1.807, 2.05) is 0 Å². The smallest absolute Gasteiger partial charge is 0.255 e. The van der Waals surface area contributed by atoms with Crippen molar-refractivity contribution in [1.82, 2.24) is 9.88 Å². The summed E-state index contributed by atoms with van der Waals surface area (Å²) >= 11 is 5.85. The lowest BCUT2D eigenvalue weighted by Crippen LogP contribution is -2.30. The van der Waals surface area contributed by atoms with Crippen LogP contribution < -0.4 is 5.73 Å². The molecule has 7 heteroatoms. The molecule has 3 N–H and O–H groups in total. The van der Waals surface area contributed by atoms with E-state index < -0.39 is 0 Å². The second-order valence-corrected chi connectivity index (χ2v) is 3.83. The normalized spacial score (nSPS) is 11.3. The van der Waals surface area contributed by atoms with Crippen molar-refractivity contribution < 1.29 is 10.0 Å². The van der Waals surface area contributed by atoms with Gasteiger partial charge in [0, 0.05) is 32.4 Å². The van der Waals surface area contributed by atoms with Crippen LogP contribution in [0, 0.1) is 0 Å². The number of oxime groups is 1. The molecule has 0 aliphatic heterocycles. The number of nitrogens with two attached hydrogens (primary N) is 1. The highest BCUT2D eigenvalue weighted by atomic mass is 35.5. The number of hydrogen-bond donors (Lipinski definition) is 2. The molecule has 1 rings (SSSR count). The number of hydrogen-bond acceptors (Lipinski definition) is 4. The minimum atomic E-state index is -0.233. The summed E-state index contributed by atoms with van der Waals surface area (Å²) in [7, 11) is 1.61. The van der Waals surface area contributed by atoms with Gasteiger partial charge in [-0.25, -0.2) is 0 Å². The summed E-state index contributed by atoms with van der Waals surface area (Å²) in [6, 6.07) is 1.55. The predicted octanol–water partition coefficient (Wildman–Crippen LogP) is 0.943. The van der Waals surface area contributed by atoms with E-state index in [0.717, 1.165) is 0 Å². The van der Waals surface area contributed by atoms with Gasteiger partial charge in [0.2, 0.25) is 0 Å². The SMILES string of the molecule is CN(CCC(N)=NO)C(=O)c1ccncc1Cl. The molecule has 1 amide bonds. The zero-order valence-electron chi connectivity index (χ0n) is 9.30. The Hall–Kier alpha value is -1.82. The van der Waals surface area contributed by atoms with Crippen LogP contribution in [0.15, 0.2) is 23.6 Å². The summed E-state index contributed by atoms with van der Waals surface area (Å²) in [6.45, 7) is 0.341. The van der Waals surface area contributed by atoms with Crippen molar-refractivity contribution in [1.29, 1.82) is 0 Å². The van der Waals surface area contributed by atoms with Crippen LogP contribution in [-0.2, 0) is 0 Å². The van der Waals surface area contributed by atoms with Gasteiger partial charge in [-0.05, 0) is 6.07 Å². The van der Waals surface area contributed by atoms with E-state index in [0.29, 0.717) is 23.6 Å². The summed E-state index contributed by atoms with van der Waals surface area (Å²) in [4.78, 5) is 17.2. The van der Waals surface area contributed by atoms with Crippen LogP contribution in [0.3, 0.4) is 0 Å². The first-order valence-corrected chi connectivity index (χ1v) is 5.25. The molecule has 0 aliphatic carbocycles. The number of halogens is 1. The van der Waals surface area contributed by atoms with Gasteiger partial charge in [-0.2, -0.15) is 0 Å². The van der Waals surface area contributed by atoms with Gasteiger partial charge in [0.1, 0.15) is 5.84 Å². The number of carbonyl (C=O) groups is 1. The molecular weight excluding hydrogens is 244 g/mol. The molecule has 1 aromatic rings. The van der Waals surface area contributed by atoms with E-state index in [-0.39, 0.29) is 11.7 Å². The third-order valence-electron chi connectivity index (χ3n) is 2.18. The van der Waals surface area contributed by atoms with Crippen LogP contribution in [-0.4, -0.2) is 40.4 Å². The second kappa shape index (κ2) is 6.05. The lowest BCUT2D eigenvalue weighted by Gasteiger charge is -2.17. The maximum absolute atomic E-state index is 11.9. The largest absolute Gasteiger partial charge is 0.409 e. The fourth-order valence-corrected chi connectivity index (χ4v) is 1.39. The average Bonchev–Trinajstić information content (AvgIpc) is 2.35. The highest BCUT2D eigenvalue weighted by molar-refractivity contribution is 6.33. The molecule has 0 aliphatic rings. The molecule has 0 atom stereocenters. The highest BCUT2D eigenvalue weighted by Gasteiger charge is 2.14. The molecule has 0 unspecified atom stereocenters. The molecule has 0 spiro atoms. The number of carbonyl (C=O) groups excluding carboxylic acids is 1. The molecule has 17 heavy (non-hydrogen) atoms. The van der Waals surface area contributed by atoms with E-state index in [2.05, 4.69) is 10.1 Å². The van der Waals surface area contributed by atoms with E-state index in [1.54, 1.807) is 13.1 Å². The maximum Gasteiger partial charge on any atom is 0.255 e. The van der Waals surface area contributed by atoms with Gasteiger partial charge in [-0.3, -0.25) is 9.78 Å². The van der Waals surface area contributed by atoms with Crippen molar-refractivity contribution in [2.45, 2.75) is 6.42 Å². The summed E-state index contributed by atoms with van der Waals surface area (Å²) in [5.41, 5.74) is 5.69. The lowest BCUT2D eigenvalue weighted by molar-refractivity contribution is 0.0798. The molecular formula is C10H13ClN4O2. The van der Waals surface area contributed by atoms with E-state index in [1.165, 1.54) is 17.3 Å². The monoisotopic (exact) mass is 256 g/mol. The Morgan fingerprint density at radius 1 is 1.71 bits per heavy atom. The minimum absolute atomic E-state index is 0.0745. The number of pyridine rings is 1. The van der Waals surface area contributed by atoms with Crippen LogP contribution in [0.5, 0.6) is 0 Å². The maximum atomic E-state index is 11.9. The molecule has 1 aromatic heterocycles. The lowest BCUT2D eigenvalue weighted by atomic mass is 10.2. The van der Waals surface area contributed by atoms with Crippen LogP contribution in [0.25, 0.3) is 0 Å². The van der Waals surface area contributed by atoms with E-state index in [4.69, 9.17) is 22.5 Å². The van der Waals surface area contributed by atoms with Crippen molar-refractivity contribution >= 4 is 23.3 Å². The van der Waals surface area contributed by atoms with Gasteiger partial charge in [0.25, 0.3) is 5.91 Å². The molecule has 0 radical (unpaired) electrons. The highest BCUT2D eigenvalue weighted by Crippen LogP contribution is 2.15. The fourth-order valence-electron chi connectivity index (χ4n) is 1.19. The quantitative estimate of drug-likeness (QED) is 0.363. The predicted molar refractivity (Wildman–Crippen MR) is 64.2 cm³/mol. The van der Waals surface area contributed by atoms with Crippen molar-refractivity contribution in [3.8, 4) is 0 Å². The van der Waals surface area contributed by atoms with Crippen molar-refractivity contribution in [2.75, 3.05) is 13.6 Å². The fraction of sp³-hybridized carbons (Fsp3) is 0.300. The van der Waals surface area contributed by atoms with Crippen molar-refractivity contribution in [3.05, 3.63) is 29.0 Å². The van der Waals surface area contributed by atoms with E-state index >= 15 is 0 Å². The molecule has 0 aromatic carbocycles. The number of rotatable bonds is 4. The van der Waals surface area contributed by atoms with E-state index in [9.17, 15) is 4.79 Å². The Labute approximate surface area is 104 Å². The average molecular weight is 257 g/mol. The number of aromatic nitrogens is 1. The van der Waals surface area contributed by atoms with Crippen molar-refractivity contribution in [3.63, 3.8) is 0 Å². The zero-order valence-corrected chi connectivity index (χ0v) is 10.1. The Morgan fingerprint density at radius 3 is 3.00 bits per heavy atom. The van der Waals surface area contributed by atoms with Gasteiger partial charge in [-0.1, -0.05) is 16.8 Å². The van der Waals surface area contributed by atoms with Gasteiger partial charge < -0.3 is 15.8 Å². The molecule has 0 fully saturated rings. The van der Waals surface area contributed by atoms with Gasteiger partial charge >= 0.3 is 0 Å². The van der Waals surface area contributed by atoms with Crippen LogP contribution in [0.1, 0.15) is 16.8 Å². The molecule has 0 saturated carbocycles. The summed E-state index contributed by atoms with van der Waals surface area (Å²) in [5.74, 6) is -0.159. The Morgan fingerprint density at radius 2 is 2.41 bits per heavy atom. The molecule has 0 bridgehead atoms. The van der Waals surface area contributed by atoms with Crippen LogP contribution in [0.4, 0.5) is 0 Å². The molecule has 0 saturated heterocycles. The zero-order chi connectivity index (χ0) is 12.8. The topological polar surface area (TPSA) is 91.8 Å². The van der Waals surface area contributed by atoms with Crippen LogP contribution >= 0.6 is 11.6 Å². The molecule has 6 nitrogen and oxygen atoms in total. The summed E-state index contributed by atoms with van der Waals surface area (Å²) in [5, 5.41) is 11.5. The molecule has 92 valence electrons. The summed E-state index contributed by atoms with van der Waals surface area (Å²) < 4.78 is 0. The van der Waals surface area contributed by atoms with Crippen molar-refractivity contribution in [2.24, 2.45) is 10.9 Å². The van der Waals surface area contributed by atoms with Gasteiger partial charge in [0.15, 0.2) is 0 Å². The number of amides is 1. The first kappa shape index (κ1) is 13.2. The standard InChI is InChI=1S/C10H13ClN4O2/c1-15(5-3-9(12)14-17)10(16)7-2-4-13-6-8(7)11/h2,4,6,17H,3,5H2,1H3,(H2,12,14). The van der Waals surface area contributed by atoms with Gasteiger partial charge in [-0.15, -0.1) is 0 Å². The minimum Gasteiger partial charge on any atom is -0.409 e. The third-order valence-corrected chi connectivity index (χ3v) is 2.48. The van der Waals surface area contributed by atoms with Gasteiger partial charge in [0.05, 0.1) is 10.6 Å². The molecule has 1 heterocycles. The first-order valence-electron chi connectivity index (χ1n) is 4.87. The Balaban J connectivity index is 2.68. The summed E-state index contributed by atoms with van der Waals surface area (Å²) in [6.07, 6.45) is 3.20. The Kier molecular flexibility index (Phi) is 4.71.